The Kier molecular flexibility index (Phi) is 6.81. The van der Waals surface area contributed by atoms with Crippen molar-refractivity contribution < 1.29 is 27.4 Å². The van der Waals surface area contributed by atoms with E-state index in [0.717, 1.165) is 5.56 Å². The number of benzene rings is 2. The number of fused-ring (bicyclic) bond motifs is 1. The van der Waals surface area contributed by atoms with Gasteiger partial charge in [0.05, 0.1) is 43.8 Å². The Labute approximate surface area is 185 Å². The summed E-state index contributed by atoms with van der Waals surface area (Å²) >= 11 is 12.4. The van der Waals surface area contributed by atoms with E-state index < -0.39 is 22.0 Å². The van der Waals surface area contributed by atoms with Crippen LogP contribution in [0.25, 0.3) is 0 Å². The van der Waals surface area contributed by atoms with Gasteiger partial charge in [0.2, 0.25) is 10.0 Å². The molecule has 0 saturated carbocycles. The van der Waals surface area contributed by atoms with E-state index in [2.05, 4.69) is 0 Å². The molecule has 1 aliphatic heterocycles. The number of hydrogen-bond acceptors (Lipinski definition) is 6. The minimum atomic E-state index is -4.11. The van der Waals surface area contributed by atoms with E-state index in [1.54, 1.807) is 18.2 Å². The number of halogens is 2. The Bertz CT molecular complexity index is 1050. The molecule has 0 N–H and O–H groups in total. The lowest BCUT2D eigenvalue weighted by atomic mass is 9.91. The van der Waals surface area contributed by atoms with Crippen molar-refractivity contribution in [2.24, 2.45) is 0 Å². The molecule has 3 rings (SSSR count). The summed E-state index contributed by atoms with van der Waals surface area (Å²) in [5.41, 5.74) is 1.49. The summed E-state index contributed by atoms with van der Waals surface area (Å²) in [6.45, 7) is 0.133. The molecule has 10 heteroatoms. The summed E-state index contributed by atoms with van der Waals surface area (Å²) in [6, 6.07) is 7.15. The first-order valence-corrected chi connectivity index (χ1v) is 11.2. The lowest BCUT2D eigenvalue weighted by Gasteiger charge is -2.36. The third-order valence-electron chi connectivity index (χ3n) is 5.03. The largest absolute Gasteiger partial charge is 0.493 e. The van der Waals surface area contributed by atoms with Crippen molar-refractivity contribution in [2.75, 3.05) is 27.9 Å². The molecule has 2 aromatic rings. The second kappa shape index (κ2) is 9.01. The van der Waals surface area contributed by atoms with Crippen LogP contribution < -0.4 is 9.47 Å². The third kappa shape index (κ3) is 4.09. The van der Waals surface area contributed by atoms with Gasteiger partial charge in [-0.1, -0.05) is 29.3 Å². The first kappa shape index (κ1) is 22.7. The highest BCUT2D eigenvalue weighted by Crippen LogP contribution is 2.43. The number of nitrogens with zero attached hydrogens (tertiary/aromatic N) is 1. The van der Waals surface area contributed by atoms with Crippen LogP contribution in [0, 0.1) is 0 Å². The zero-order valence-corrected chi connectivity index (χ0v) is 19.0. The third-order valence-corrected chi connectivity index (χ3v) is 7.89. The lowest BCUT2D eigenvalue weighted by molar-refractivity contribution is -0.141. The van der Waals surface area contributed by atoms with Gasteiger partial charge >= 0.3 is 5.97 Å². The van der Waals surface area contributed by atoms with Crippen LogP contribution in [0.2, 0.25) is 10.0 Å². The highest BCUT2D eigenvalue weighted by molar-refractivity contribution is 7.89. The van der Waals surface area contributed by atoms with Crippen LogP contribution in [0.5, 0.6) is 11.5 Å². The van der Waals surface area contributed by atoms with Gasteiger partial charge in [-0.3, -0.25) is 4.79 Å². The zero-order chi connectivity index (χ0) is 22.1. The van der Waals surface area contributed by atoms with Gasteiger partial charge in [-0.05, 0) is 41.8 Å². The molecule has 0 fully saturated rings. The van der Waals surface area contributed by atoms with Crippen LogP contribution in [0.1, 0.15) is 23.6 Å². The van der Waals surface area contributed by atoms with Crippen molar-refractivity contribution in [3.05, 3.63) is 51.5 Å². The molecule has 1 atom stereocenters. The average molecular weight is 474 g/mol. The lowest BCUT2D eigenvalue weighted by Crippen LogP contribution is -2.41. The number of hydrogen-bond donors (Lipinski definition) is 0. The van der Waals surface area contributed by atoms with E-state index in [-0.39, 0.29) is 27.9 Å². The van der Waals surface area contributed by atoms with E-state index in [1.165, 1.54) is 37.8 Å². The molecule has 30 heavy (non-hydrogen) atoms. The molecule has 0 spiro atoms. The normalized spacial score (nSPS) is 16.6. The molecule has 0 radical (unpaired) electrons. The molecule has 2 aromatic carbocycles. The van der Waals surface area contributed by atoms with Crippen LogP contribution >= 0.6 is 23.2 Å². The molecule has 0 aliphatic carbocycles. The van der Waals surface area contributed by atoms with E-state index in [1.807, 2.05) is 0 Å². The van der Waals surface area contributed by atoms with Crippen molar-refractivity contribution >= 4 is 39.2 Å². The summed E-state index contributed by atoms with van der Waals surface area (Å²) in [7, 11) is 0.149. The minimum absolute atomic E-state index is 0.0115. The van der Waals surface area contributed by atoms with E-state index in [9.17, 15) is 13.2 Å². The van der Waals surface area contributed by atoms with Gasteiger partial charge in [0, 0.05) is 6.54 Å². The Hall–Kier alpha value is -2.00. The highest BCUT2D eigenvalue weighted by Gasteiger charge is 2.40. The van der Waals surface area contributed by atoms with Crippen molar-refractivity contribution in [2.45, 2.75) is 23.8 Å². The summed E-state index contributed by atoms with van der Waals surface area (Å²) in [4.78, 5) is 12.0. The molecule has 1 unspecified atom stereocenters. The van der Waals surface area contributed by atoms with Crippen molar-refractivity contribution in [3.8, 4) is 11.5 Å². The van der Waals surface area contributed by atoms with Gasteiger partial charge in [0.1, 0.15) is 4.90 Å². The molecule has 0 amide bonds. The molecule has 7 nitrogen and oxygen atoms in total. The number of methoxy groups -OCH3 is 3. The molecule has 1 heterocycles. The SMILES string of the molecule is COC(=O)CC1c2cc(OC)c(OC)cc2CCN1S(=O)(=O)c1c(Cl)cccc1Cl. The monoisotopic (exact) mass is 473 g/mol. The summed E-state index contributed by atoms with van der Waals surface area (Å²) < 4.78 is 43.9. The fourth-order valence-electron chi connectivity index (χ4n) is 3.59. The molecule has 1 aliphatic rings. The number of ether oxygens (including phenoxy) is 3. The molecule has 0 saturated heterocycles. The molecule has 0 aromatic heterocycles. The smallest absolute Gasteiger partial charge is 0.307 e. The van der Waals surface area contributed by atoms with Crippen LogP contribution in [-0.4, -0.2) is 46.6 Å². The number of esters is 1. The first-order chi connectivity index (χ1) is 14.2. The van der Waals surface area contributed by atoms with Crippen LogP contribution in [0.4, 0.5) is 0 Å². The van der Waals surface area contributed by atoms with Crippen molar-refractivity contribution in [1.82, 2.24) is 4.31 Å². The van der Waals surface area contributed by atoms with Crippen LogP contribution in [0.15, 0.2) is 35.2 Å². The van der Waals surface area contributed by atoms with Crippen molar-refractivity contribution in [1.29, 1.82) is 0 Å². The molecular formula is C20H21Cl2NO6S. The number of sulfonamides is 1. The summed E-state index contributed by atoms with van der Waals surface area (Å²) in [5.74, 6) is 0.410. The summed E-state index contributed by atoms with van der Waals surface area (Å²) in [6.07, 6.45) is 0.231. The fourth-order valence-corrected chi connectivity index (χ4v) is 6.29. The van der Waals surface area contributed by atoms with Gasteiger partial charge in [-0.2, -0.15) is 4.31 Å². The van der Waals surface area contributed by atoms with E-state index in [4.69, 9.17) is 37.4 Å². The Morgan fingerprint density at radius 1 is 1.10 bits per heavy atom. The highest BCUT2D eigenvalue weighted by atomic mass is 35.5. The van der Waals surface area contributed by atoms with Gasteiger partial charge in [0.15, 0.2) is 11.5 Å². The maximum atomic E-state index is 13.5. The van der Waals surface area contributed by atoms with E-state index in [0.29, 0.717) is 23.5 Å². The number of carbonyl (C=O) groups excluding carboxylic acids is 1. The minimum Gasteiger partial charge on any atom is -0.493 e. The second-order valence-corrected chi connectivity index (χ2v) is 9.26. The molecule has 0 bridgehead atoms. The Morgan fingerprint density at radius 2 is 1.70 bits per heavy atom. The first-order valence-electron chi connectivity index (χ1n) is 9.02. The Morgan fingerprint density at radius 3 is 2.27 bits per heavy atom. The number of carbonyl (C=O) groups is 1. The van der Waals surface area contributed by atoms with Gasteiger partial charge < -0.3 is 14.2 Å². The standard InChI is InChI=1S/C20H21Cl2NO6S/c1-27-17-9-12-7-8-23(30(25,26)20-14(21)5-4-6-15(20)22)16(11-19(24)29-3)13(12)10-18(17)28-2/h4-6,9-10,16H,7-8,11H2,1-3H3. The number of rotatable bonds is 6. The quantitative estimate of drug-likeness (QED) is 0.592. The van der Waals surface area contributed by atoms with E-state index >= 15 is 0 Å². The van der Waals surface area contributed by atoms with Crippen LogP contribution in [0.3, 0.4) is 0 Å². The maximum absolute atomic E-state index is 13.5. The van der Waals surface area contributed by atoms with Crippen molar-refractivity contribution in [3.63, 3.8) is 0 Å². The molecule has 162 valence electrons. The van der Waals surface area contributed by atoms with Gasteiger partial charge in [-0.15, -0.1) is 0 Å². The van der Waals surface area contributed by atoms with Gasteiger partial charge in [-0.25, -0.2) is 8.42 Å². The topological polar surface area (TPSA) is 82.1 Å². The van der Waals surface area contributed by atoms with Gasteiger partial charge in [0.25, 0.3) is 0 Å². The predicted molar refractivity (Wildman–Crippen MR) is 113 cm³/mol. The zero-order valence-electron chi connectivity index (χ0n) is 16.6. The maximum Gasteiger partial charge on any atom is 0.307 e. The summed E-state index contributed by atoms with van der Waals surface area (Å²) in [5, 5.41) is 0.0230. The molecular weight excluding hydrogens is 453 g/mol. The predicted octanol–water partition coefficient (Wildman–Crippen LogP) is 3.86. The average Bonchev–Trinajstić information content (AvgIpc) is 2.72. The second-order valence-electron chi connectivity index (χ2n) is 6.62. The Balaban J connectivity index is 2.17. The van der Waals surface area contributed by atoms with Crippen LogP contribution in [-0.2, 0) is 26.0 Å². The fraction of sp³-hybridized carbons (Fsp3) is 0.350.